The van der Waals surface area contributed by atoms with Gasteiger partial charge >= 0.3 is 17.6 Å². The number of nitrogens with zero attached hydrogens (tertiary/aromatic N) is 3. The highest BCUT2D eigenvalue weighted by Gasteiger charge is 2.50. The predicted molar refractivity (Wildman–Crippen MR) is 99.3 cm³/mol. The molecule has 3 aromatic rings. The van der Waals surface area contributed by atoms with Crippen LogP contribution in [0, 0.1) is 0 Å². The van der Waals surface area contributed by atoms with Crippen molar-refractivity contribution in [2.75, 3.05) is 13.7 Å². The lowest BCUT2D eigenvalue weighted by molar-refractivity contribution is -0.159. The normalized spacial score (nSPS) is 19.8. The molecule has 2 aromatic carbocycles. The second-order valence-electron chi connectivity index (χ2n) is 7.05. The number of benzene rings is 2. The molecule has 0 spiro atoms. The van der Waals surface area contributed by atoms with E-state index in [-0.39, 0.29) is 24.2 Å². The number of likely N-dealkylation sites (tertiary alicyclic amines) is 1. The van der Waals surface area contributed by atoms with Gasteiger partial charge in [-0.3, -0.25) is 9.36 Å². The van der Waals surface area contributed by atoms with Crippen molar-refractivity contribution in [2.24, 2.45) is 0 Å². The van der Waals surface area contributed by atoms with Crippen molar-refractivity contribution >= 4 is 22.6 Å². The number of methoxy groups -OCH3 is 1. The van der Waals surface area contributed by atoms with Crippen LogP contribution < -0.4 is 5.69 Å². The van der Waals surface area contributed by atoms with Crippen LogP contribution in [-0.2, 0) is 14.3 Å². The number of carbonyl (C=O) groups excluding carboxylic acids is 2. The highest BCUT2D eigenvalue weighted by atomic mass is 16.5. The number of ether oxygens (including phenoxy) is 1. The molecule has 8 heteroatoms. The number of hydrogen-bond acceptors (Lipinski definition) is 5. The first-order chi connectivity index (χ1) is 13.5. The predicted octanol–water partition coefficient (Wildman–Crippen LogP) is 1.50. The number of amides is 1. The number of aromatic nitrogens is 2. The SMILES string of the molecule is COC(=O)C(=O)N1CC2CC1c1c(O)n(-c3cccc4ccccc34)c(=O)n12. The molecular formula is C20H17N3O5. The molecule has 1 fully saturated rings. The number of rotatable bonds is 1. The van der Waals surface area contributed by atoms with Crippen LogP contribution >= 0.6 is 0 Å². The van der Waals surface area contributed by atoms with Gasteiger partial charge in [0, 0.05) is 11.9 Å². The Morgan fingerprint density at radius 3 is 2.68 bits per heavy atom. The zero-order valence-corrected chi connectivity index (χ0v) is 15.0. The molecule has 5 rings (SSSR count). The third-order valence-corrected chi connectivity index (χ3v) is 5.69. The zero-order valence-electron chi connectivity index (χ0n) is 15.0. The highest BCUT2D eigenvalue weighted by Crippen LogP contribution is 2.48. The number of carbonyl (C=O) groups is 2. The average Bonchev–Trinajstić information content (AvgIpc) is 3.38. The summed E-state index contributed by atoms with van der Waals surface area (Å²) in [4.78, 5) is 38.5. The number of aromatic hydroxyl groups is 1. The van der Waals surface area contributed by atoms with Gasteiger partial charge in [0.15, 0.2) is 0 Å². The minimum atomic E-state index is -0.950. The Balaban J connectivity index is 1.67. The number of imidazole rings is 1. The Kier molecular flexibility index (Phi) is 3.39. The Morgan fingerprint density at radius 1 is 1.14 bits per heavy atom. The van der Waals surface area contributed by atoms with E-state index in [0.717, 1.165) is 17.9 Å². The maximum Gasteiger partial charge on any atom is 0.396 e. The molecule has 2 unspecified atom stereocenters. The molecule has 1 aromatic heterocycles. The fraction of sp³-hybridized carbons (Fsp3) is 0.250. The van der Waals surface area contributed by atoms with Crippen molar-refractivity contribution in [2.45, 2.75) is 18.5 Å². The zero-order chi connectivity index (χ0) is 19.6. The van der Waals surface area contributed by atoms with E-state index in [1.165, 1.54) is 9.47 Å². The summed E-state index contributed by atoms with van der Waals surface area (Å²) in [6.07, 6.45) is 0.497. The van der Waals surface area contributed by atoms with Gasteiger partial charge in [0.05, 0.1) is 24.9 Å². The molecule has 2 aliphatic heterocycles. The quantitative estimate of drug-likeness (QED) is 0.511. The molecule has 1 saturated heterocycles. The standard InChI is InChI=1S/C20H17N3O5/c1-28-19(26)18(25)21-10-12-9-15(21)16-17(24)23(20(27)22(12)16)14-8-4-6-11-5-2-3-7-13(11)14/h2-8,12,15,24H,9-10H2,1H3. The van der Waals surface area contributed by atoms with Gasteiger partial charge in [0.2, 0.25) is 5.88 Å². The van der Waals surface area contributed by atoms with Gasteiger partial charge in [0.25, 0.3) is 0 Å². The third-order valence-electron chi connectivity index (χ3n) is 5.69. The molecule has 0 aliphatic carbocycles. The summed E-state index contributed by atoms with van der Waals surface area (Å²) in [5.74, 6) is -1.91. The summed E-state index contributed by atoms with van der Waals surface area (Å²) in [5, 5.41) is 12.7. The maximum absolute atomic E-state index is 13.2. The lowest BCUT2D eigenvalue weighted by atomic mass is 10.1. The molecule has 2 aliphatic rings. The van der Waals surface area contributed by atoms with Crippen molar-refractivity contribution in [3.63, 3.8) is 0 Å². The number of hydrogen-bond donors (Lipinski definition) is 1. The highest BCUT2D eigenvalue weighted by molar-refractivity contribution is 6.32. The first-order valence-corrected chi connectivity index (χ1v) is 8.96. The van der Waals surface area contributed by atoms with Crippen LogP contribution in [0.1, 0.15) is 24.2 Å². The lowest BCUT2D eigenvalue weighted by Crippen LogP contribution is -2.41. The van der Waals surface area contributed by atoms with E-state index in [1.807, 2.05) is 36.4 Å². The van der Waals surface area contributed by atoms with E-state index in [9.17, 15) is 19.5 Å². The smallest absolute Gasteiger partial charge is 0.396 e. The monoisotopic (exact) mass is 379 g/mol. The third kappa shape index (κ3) is 2.02. The van der Waals surface area contributed by atoms with Crippen molar-refractivity contribution in [3.8, 4) is 11.6 Å². The lowest BCUT2D eigenvalue weighted by Gasteiger charge is -2.26. The van der Waals surface area contributed by atoms with Crippen LogP contribution in [0.4, 0.5) is 0 Å². The molecule has 1 N–H and O–H groups in total. The summed E-state index contributed by atoms with van der Waals surface area (Å²) in [6.45, 7) is 0.241. The van der Waals surface area contributed by atoms with Crippen LogP contribution in [0.5, 0.6) is 5.88 Å². The topological polar surface area (TPSA) is 93.8 Å². The van der Waals surface area contributed by atoms with Crippen molar-refractivity contribution in [1.82, 2.24) is 14.0 Å². The average molecular weight is 379 g/mol. The summed E-state index contributed by atoms with van der Waals surface area (Å²) in [6, 6.07) is 12.3. The molecule has 3 heterocycles. The Labute approximate surface area is 159 Å². The summed E-state index contributed by atoms with van der Waals surface area (Å²) in [7, 11) is 1.15. The molecule has 1 amide bonds. The fourth-order valence-corrected chi connectivity index (χ4v) is 4.50. The van der Waals surface area contributed by atoms with Crippen LogP contribution in [0.25, 0.3) is 16.5 Å². The van der Waals surface area contributed by atoms with Crippen LogP contribution in [0.15, 0.2) is 47.3 Å². The van der Waals surface area contributed by atoms with Crippen molar-refractivity contribution in [3.05, 3.63) is 58.6 Å². The molecule has 2 bridgehead atoms. The summed E-state index contributed by atoms with van der Waals surface area (Å²) >= 11 is 0. The van der Waals surface area contributed by atoms with Crippen LogP contribution in [0.3, 0.4) is 0 Å². The first-order valence-electron chi connectivity index (χ1n) is 8.96. The minimum absolute atomic E-state index is 0.198. The minimum Gasteiger partial charge on any atom is -0.493 e. The van der Waals surface area contributed by atoms with Gasteiger partial charge in [0.1, 0.15) is 5.69 Å². The van der Waals surface area contributed by atoms with E-state index in [2.05, 4.69) is 4.74 Å². The Hall–Kier alpha value is -3.55. The molecule has 28 heavy (non-hydrogen) atoms. The van der Waals surface area contributed by atoms with E-state index >= 15 is 0 Å². The number of esters is 1. The van der Waals surface area contributed by atoms with Gasteiger partial charge in [-0.2, -0.15) is 0 Å². The van der Waals surface area contributed by atoms with Gasteiger partial charge < -0.3 is 14.7 Å². The van der Waals surface area contributed by atoms with Crippen molar-refractivity contribution < 1.29 is 19.4 Å². The fourth-order valence-electron chi connectivity index (χ4n) is 4.50. The molecular weight excluding hydrogens is 362 g/mol. The molecule has 0 radical (unpaired) electrons. The Bertz CT molecular complexity index is 1200. The van der Waals surface area contributed by atoms with E-state index in [4.69, 9.17) is 0 Å². The molecule has 2 atom stereocenters. The van der Waals surface area contributed by atoms with Gasteiger partial charge in [-0.25, -0.2) is 14.2 Å². The molecule has 142 valence electrons. The summed E-state index contributed by atoms with van der Waals surface area (Å²) < 4.78 is 7.36. The Morgan fingerprint density at radius 2 is 1.89 bits per heavy atom. The van der Waals surface area contributed by atoms with Gasteiger partial charge in [-0.1, -0.05) is 36.4 Å². The molecule has 0 saturated carbocycles. The van der Waals surface area contributed by atoms with Gasteiger partial charge in [-0.15, -0.1) is 0 Å². The number of fused-ring (bicyclic) bond motifs is 6. The van der Waals surface area contributed by atoms with E-state index < -0.39 is 17.9 Å². The van der Waals surface area contributed by atoms with Gasteiger partial charge in [-0.05, 0) is 17.9 Å². The molecule has 8 nitrogen and oxygen atoms in total. The van der Waals surface area contributed by atoms with Crippen LogP contribution in [-0.4, -0.2) is 44.7 Å². The van der Waals surface area contributed by atoms with Crippen molar-refractivity contribution in [1.29, 1.82) is 0 Å². The van der Waals surface area contributed by atoms with Crippen LogP contribution in [0.2, 0.25) is 0 Å². The second-order valence-corrected chi connectivity index (χ2v) is 7.05. The van der Waals surface area contributed by atoms with E-state index in [0.29, 0.717) is 17.8 Å². The largest absolute Gasteiger partial charge is 0.493 e. The first kappa shape index (κ1) is 16.6. The van der Waals surface area contributed by atoms with E-state index in [1.54, 1.807) is 10.6 Å². The maximum atomic E-state index is 13.2. The summed E-state index contributed by atoms with van der Waals surface area (Å²) in [5.41, 5.74) is 0.598. The second kappa shape index (κ2) is 5.72.